The molecular weight excluding hydrogens is 612 g/mol. The van der Waals surface area contributed by atoms with Crippen molar-refractivity contribution in [2.45, 2.75) is 25.4 Å². The lowest BCUT2D eigenvalue weighted by Gasteiger charge is -2.18. The number of alkyl halides is 6. The number of carboxylic acid groups (broad SMARTS) is 1. The van der Waals surface area contributed by atoms with Crippen molar-refractivity contribution >= 4 is 57.6 Å². The number of thioether (sulfide) groups is 1. The summed E-state index contributed by atoms with van der Waals surface area (Å²) < 4.78 is 85.5. The molecule has 1 saturated heterocycles. The van der Waals surface area contributed by atoms with Crippen molar-refractivity contribution in [3.05, 3.63) is 85.9 Å². The minimum absolute atomic E-state index is 0.0711. The quantitative estimate of drug-likeness (QED) is 0.154. The van der Waals surface area contributed by atoms with E-state index in [1.807, 2.05) is 0 Å². The highest BCUT2D eigenvalue weighted by Crippen LogP contribution is 2.40. The van der Waals surface area contributed by atoms with E-state index in [0.29, 0.717) is 17.0 Å². The molecule has 1 atom stereocenters. The SMILES string of the molecule is CC(OCCN1C(=O)C(=Cc2cc(-c3cc(C(F)(F)F)cc(C(F)(F)F)c3)cs2)SC1=S)c1ccc(C(=O)O)cc1. The normalized spacial score (nSPS) is 16.1. The van der Waals surface area contributed by atoms with Crippen molar-refractivity contribution in [1.29, 1.82) is 0 Å². The molecule has 4 rings (SSSR count). The van der Waals surface area contributed by atoms with Crippen LogP contribution in [-0.2, 0) is 21.9 Å². The summed E-state index contributed by atoms with van der Waals surface area (Å²) in [4.78, 5) is 26.0. The number of carbonyl (C=O) groups is 2. The molecule has 2 heterocycles. The molecule has 3 aromatic rings. The summed E-state index contributed by atoms with van der Waals surface area (Å²) in [5.74, 6) is -1.45. The average molecular weight is 632 g/mol. The minimum atomic E-state index is -4.96. The smallest absolute Gasteiger partial charge is 0.416 e. The lowest BCUT2D eigenvalue weighted by molar-refractivity contribution is -0.143. The fraction of sp³-hybridized carbons (Fsp3) is 0.222. The largest absolute Gasteiger partial charge is 0.478 e. The third-order valence-electron chi connectivity index (χ3n) is 6.00. The number of hydrogen-bond donors (Lipinski definition) is 1. The molecule has 1 aliphatic rings. The molecule has 1 N–H and O–H groups in total. The number of halogens is 6. The monoisotopic (exact) mass is 631 g/mol. The maximum Gasteiger partial charge on any atom is 0.416 e. The van der Waals surface area contributed by atoms with Crippen LogP contribution >= 0.6 is 35.3 Å². The summed E-state index contributed by atoms with van der Waals surface area (Å²) in [7, 11) is 0. The third kappa shape index (κ3) is 7.36. The second-order valence-electron chi connectivity index (χ2n) is 8.81. The topological polar surface area (TPSA) is 66.8 Å². The number of thiocarbonyl (C=S) groups is 1. The number of hydrogen-bond acceptors (Lipinski definition) is 6. The van der Waals surface area contributed by atoms with Crippen LogP contribution in [0.2, 0.25) is 0 Å². The molecule has 0 spiro atoms. The summed E-state index contributed by atoms with van der Waals surface area (Å²) in [5.41, 5.74) is -2.04. The Balaban J connectivity index is 1.44. The van der Waals surface area contributed by atoms with Crippen LogP contribution < -0.4 is 0 Å². The maximum absolute atomic E-state index is 13.2. The predicted octanol–water partition coefficient (Wildman–Crippen LogP) is 8.13. The summed E-state index contributed by atoms with van der Waals surface area (Å²) in [6, 6.07) is 8.98. The van der Waals surface area contributed by atoms with Crippen molar-refractivity contribution in [3.63, 3.8) is 0 Å². The van der Waals surface area contributed by atoms with Gasteiger partial charge >= 0.3 is 18.3 Å². The first kappa shape index (κ1) is 30.8. The molecule has 5 nitrogen and oxygen atoms in total. The van der Waals surface area contributed by atoms with E-state index in [1.165, 1.54) is 34.6 Å². The molecule has 0 saturated carbocycles. The molecule has 0 aliphatic carbocycles. The molecule has 1 aromatic heterocycles. The highest BCUT2D eigenvalue weighted by Gasteiger charge is 2.37. The number of carbonyl (C=O) groups excluding carboxylic acids is 1. The third-order valence-corrected chi connectivity index (χ3v) is 8.25. The van der Waals surface area contributed by atoms with Gasteiger partial charge in [0.1, 0.15) is 4.32 Å². The number of nitrogens with zero attached hydrogens (tertiary/aromatic N) is 1. The fourth-order valence-electron chi connectivity index (χ4n) is 3.84. The number of carboxylic acids is 1. The van der Waals surface area contributed by atoms with E-state index in [9.17, 15) is 35.9 Å². The van der Waals surface area contributed by atoms with Crippen molar-refractivity contribution in [1.82, 2.24) is 4.90 Å². The van der Waals surface area contributed by atoms with Gasteiger partial charge in [-0.25, -0.2) is 4.79 Å². The van der Waals surface area contributed by atoms with E-state index in [2.05, 4.69) is 0 Å². The number of amides is 1. The van der Waals surface area contributed by atoms with Gasteiger partial charge in [-0.15, -0.1) is 11.3 Å². The molecule has 14 heteroatoms. The van der Waals surface area contributed by atoms with E-state index in [1.54, 1.807) is 19.1 Å². The van der Waals surface area contributed by atoms with E-state index in [4.69, 9.17) is 22.1 Å². The molecule has 1 unspecified atom stereocenters. The molecule has 216 valence electrons. The molecule has 2 aromatic carbocycles. The molecule has 1 amide bonds. The minimum Gasteiger partial charge on any atom is -0.478 e. The van der Waals surface area contributed by atoms with Crippen LogP contribution in [0.4, 0.5) is 26.3 Å². The van der Waals surface area contributed by atoms with Gasteiger partial charge in [0.05, 0.1) is 40.9 Å². The summed E-state index contributed by atoms with van der Waals surface area (Å²) in [5, 5.41) is 10.4. The lowest BCUT2D eigenvalue weighted by Crippen LogP contribution is -2.31. The van der Waals surface area contributed by atoms with Crippen LogP contribution in [0.3, 0.4) is 0 Å². The lowest BCUT2D eigenvalue weighted by atomic mass is 10.0. The Labute approximate surface area is 243 Å². The van der Waals surface area contributed by atoms with E-state index < -0.39 is 35.4 Å². The molecule has 0 radical (unpaired) electrons. The maximum atomic E-state index is 13.2. The highest BCUT2D eigenvalue weighted by molar-refractivity contribution is 8.26. The van der Waals surface area contributed by atoms with E-state index in [0.717, 1.165) is 28.7 Å². The van der Waals surface area contributed by atoms with Gasteiger partial charge in [0.25, 0.3) is 5.91 Å². The summed E-state index contributed by atoms with van der Waals surface area (Å²) in [6.45, 7) is 2.04. The Bertz CT molecular complexity index is 1480. The first-order chi connectivity index (χ1) is 19.1. The molecule has 1 fully saturated rings. The fourth-order valence-corrected chi connectivity index (χ4v) is 6.06. The van der Waals surface area contributed by atoms with E-state index in [-0.39, 0.29) is 51.2 Å². The number of ether oxygens (including phenoxy) is 1. The Kier molecular flexibility index (Phi) is 8.97. The summed E-state index contributed by atoms with van der Waals surface area (Å²) in [6.07, 6.45) is -8.82. The van der Waals surface area contributed by atoms with Crippen LogP contribution in [0.5, 0.6) is 0 Å². The van der Waals surface area contributed by atoms with Crippen molar-refractivity contribution in [2.75, 3.05) is 13.2 Å². The summed E-state index contributed by atoms with van der Waals surface area (Å²) >= 11 is 7.39. The average Bonchev–Trinajstić information content (AvgIpc) is 3.47. The van der Waals surface area contributed by atoms with Gasteiger partial charge in [-0.3, -0.25) is 9.69 Å². The second kappa shape index (κ2) is 12.0. The van der Waals surface area contributed by atoms with Gasteiger partial charge in [0, 0.05) is 4.88 Å². The number of benzene rings is 2. The van der Waals surface area contributed by atoms with Crippen LogP contribution in [0, 0.1) is 0 Å². The van der Waals surface area contributed by atoms with Crippen molar-refractivity contribution in [2.24, 2.45) is 0 Å². The predicted molar refractivity (Wildman–Crippen MR) is 147 cm³/mol. The van der Waals surface area contributed by atoms with Crippen molar-refractivity contribution in [3.8, 4) is 11.1 Å². The second-order valence-corrected chi connectivity index (χ2v) is 11.4. The Morgan fingerprint density at radius 2 is 1.63 bits per heavy atom. The van der Waals surface area contributed by atoms with Crippen LogP contribution in [-0.4, -0.2) is 39.4 Å². The first-order valence-electron chi connectivity index (χ1n) is 11.7. The van der Waals surface area contributed by atoms with Crippen LogP contribution in [0.25, 0.3) is 17.2 Å². The first-order valence-corrected chi connectivity index (χ1v) is 13.8. The number of rotatable bonds is 8. The van der Waals surface area contributed by atoms with Gasteiger partial charge < -0.3 is 9.84 Å². The zero-order valence-corrected chi connectivity index (χ0v) is 23.3. The number of thiophene rings is 1. The number of aromatic carboxylic acids is 1. The Morgan fingerprint density at radius 3 is 2.20 bits per heavy atom. The molecule has 1 aliphatic heterocycles. The zero-order chi connectivity index (χ0) is 30.1. The van der Waals surface area contributed by atoms with Crippen LogP contribution in [0.15, 0.2) is 58.8 Å². The van der Waals surface area contributed by atoms with Gasteiger partial charge in [0.2, 0.25) is 0 Å². The van der Waals surface area contributed by atoms with Crippen molar-refractivity contribution < 1.29 is 45.8 Å². The molecule has 0 bridgehead atoms. The van der Waals surface area contributed by atoms with E-state index >= 15 is 0 Å². The molecule has 41 heavy (non-hydrogen) atoms. The zero-order valence-electron chi connectivity index (χ0n) is 20.9. The molecular formula is C27H19F6NO4S3. The Morgan fingerprint density at radius 1 is 1.02 bits per heavy atom. The van der Waals surface area contributed by atoms with Gasteiger partial charge in [-0.1, -0.05) is 36.1 Å². The van der Waals surface area contributed by atoms with Gasteiger partial charge in [0.15, 0.2) is 0 Å². The van der Waals surface area contributed by atoms with Gasteiger partial charge in [-0.05, 0) is 71.5 Å². The Hall–Kier alpha value is -3.20. The van der Waals surface area contributed by atoms with Crippen LogP contribution in [0.1, 0.15) is 45.0 Å². The van der Waals surface area contributed by atoms with Gasteiger partial charge in [-0.2, -0.15) is 26.3 Å². The standard InChI is InChI=1S/C27H19F6NO4S3/c1-14(15-2-4-16(5-3-15)24(36)37)38-7-6-34-23(35)22(41-25(34)39)12-21-10-18(13-40-21)17-8-19(26(28,29)30)11-20(9-17)27(31,32)33/h2-5,8-14H,6-7H2,1H3,(H,36,37). The highest BCUT2D eigenvalue weighted by atomic mass is 32.2.